The van der Waals surface area contributed by atoms with Crippen LogP contribution in [0.2, 0.25) is 0 Å². The molecule has 3 aromatic rings. The molecule has 0 aliphatic carbocycles. The van der Waals surface area contributed by atoms with E-state index in [2.05, 4.69) is 55.3 Å². The van der Waals surface area contributed by atoms with Crippen LogP contribution in [-0.2, 0) is 13.0 Å². The van der Waals surface area contributed by atoms with E-state index >= 15 is 0 Å². The molecule has 0 radical (unpaired) electrons. The van der Waals surface area contributed by atoms with Crippen molar-refractivity contribution in [2.45, 2.75) is 25.8 Å². The van der Waals surface area contributed by atoms with Crippen LogP contribution in [0.1, 0.15) is 18.4 Å². The lowest BCUT2D eigenvalue weighted by Crippen LogP contribution is -2.46. The molecule has 7 nitrogen and oxygen atoms in total. The van der Waals surface area contributed by atoms with Gasteiger partial charge in [0.05, 0.1) is 19.4 Å². The molecule has 0 saturated carbocycles. The highest BCUT2D eigenvalue weighted by molar-refractivity contribution is 5.70. The molecule has 0 bridgehead atoms. The Morgan fingerprint density at radius 3 is 2.50 bits per heavy atom. The van der Waals surface area contributed by atoms with E-state index in [1.54, 1.807) is 6.20 Å². The minimum Gasteiger partial charge on any atom is -0.494 e. The van der Waals surface area contributed by atoms with Gasteiger partial charge in [-0.25, -0.2) is 4.85 Å². The number of para-hydroxylation sites is 2. The van der Waals surface area contributed by atoms with Gasteiger partial charge in [0.1, 0.15) is 5.75 Å². The summed E-state index contributed by atoms with van der Waals surface area (Å²) in [5.74, 6) is 0.932. The summed E-state index contributed by atoms with van der Waals surface area (Å²) in [5, 5.41) is 7.82. The van der Waals surface area contributed by atoms with Crippen LogP contribution in [0.5, 0.6) is 5.75 Å². The molecule has 166 valence electrons. The Morgan fingerprint density at radius 1 is 0.938 bits per heavy atom. The van der Waals surface area contributed by atoms with Crippen LogP contribution in [0.15, 0.2) is 60.9 Å². The quantitative estimate of drug-likeness (QED) is 0.359. The number of hydrogen-bond donors (Lipinski definition) is 0. The number of rotatable bonds is 10. The summed E-state index contributed by atoms with van der Waals surface area (Å²) in [5.41, 5.74) is 3.09. The molecule has 32 heavy (non-hydrogen) atoms. The van der Waals surface area contributed by atoms with Crippen molar-refractivity contribution in [1.29, 1.82) is 0 Å². The first-order valence-electron chi connectivity index (χ1n) is 11.3. The number of ether oxygens (including phenoxy) is 1. The van der Waals surface area contributed by atoms with E-state index in [0.717, 1.165) is 82.3 Å². The normalized spacial score (nSPS) is 14.3. The predicted octanol–water partition coefficient (Wildman–Crippen LogP) is 4.05. The van der Waals surface area contributed by atoms with Crippen LogP contribution in [0.3, 0.4) is 0 Å². The highest BCUT2D eigenvalue weighted by Gasteiger charge is 2.18. The van der Waals surface area contributed by atoms with Gasteiger partial charge in [0.25, 0.3) is 0 Å². The van der Waals surface area contributed by atoms with E-state index in [9.17, 15) is 0 Å². The van der Waals surface area contributed by atoms with Crippen molar-refractivity contribution in [3.05, 3.63) is 77.9 Å². The van der Waals surface area contributed by atoms with E-state index in [4.69, 9.17) is 11.3 Å². The molecule has 2 aromatic carbocycles. The number of nitrogens with zero attached hydrogens (tertiary/aromatic N) is 6. The summed E-state index contributed by atoms with van der Waals surface area (Å²) < 4.78 is 7.76. The summed E-state index contributed by atoms with van der Waals surface area (Å²) in [6.07, 6.45) is 6.70. The van der Waals surface area contributed by atoms with Crippen molar-refractivity contribution in [2.24, 2.45) is 0 Å². The zero-order chi connectivity index (χ0) is 22.0. The van der Waals surface area contributed by atoms with Crippen LogP contribution in [-0.4, -0.2) is 59.2 Å². The second-order valence-electron chi connectivity index (χ2n) is 8.04. The largest absolute Gasteiger partial charge is 0.494 e. The Morgan fingerprint density at radius 2 is 1.75 bits per heavy atom. The molecule has 7 heteroatoms. The highest BCUT2D eigenvalue weighted by atomic mass is 16.5. The topological polar surface area (TPSA) is 50.8 Å². The lowest BCUT2D eigenvalue weighted by molar-refractivity contribution is 0.238. The Bertz CT molecular complexity index is 988. The van der Waals surface area contributed by atoms with E-state index in [0.29, 0.717) is 0 Å². The monoisotopic (exact) mass is 430 g/mol. The van der Waals surface area contributed by atoms with Crippen LogP contribution in [0.25, 0.3) is 4.85 Å². The smallest absolute Gasteiger partial charge is 0.209 e. The van der Waals surface area contributed by atoms with Crippen molar-refractivity contribution >= 4 is 11.4 Å². The molecule has 0 N–H and O–H groups in total. The molecule has 1 saturated heterocycles. The number of anilines is 1. The Balaban J connectivity index is 1.10. The van der Waals surface area contributed by atoms with Gasteiger partial charge in [-0.1, -0.05) is 35.5 Å². The van der Waals surface area contributed by atoms with Crippen molar-refractivity contribution in [3.63, 3.8) is 0 Å². The van der Waals surface area contributed by atoms with E-state index in [1.165, 1.54) is 5.56 Å². The maximum absolute atomic E-state index is 7.36. The Kier molecular flexibility index (Phi) is 7.72. The average molecular weight is 431 g/mol. The summed E-state index contributed by atoms with van der Waals surface area (Å²) in [6, 6.07) is 16.3. The molecule has 1 aromatic heterocycles. The van der Waals surface area contributed by atoms with Crippen LogP contribution in [0.4, 0.5) is 11.4 Å². The number of benzene rings is 2. The summed E-state index contributed by atoms with van der Waals surface area (Å²) >= 11 is 0. The minimum absolute atomic E-state index is 0.747. The summed E-state index contributed by atoms with van der Waals surface area (Å²) in [7, 11) is 0. The average Bonchev–Trinajstić information content (AvgIpc) is 3.37. The van der Waals surface area contributed by atoms with Gasteiger partial charge in [0.2, 0.25) is 5.69 Å². The van der Waals surface area contributed by atoms with Crippen LogP contribution < -0.4 is 9.64 Å². The number of piperazine rings is 1. The van der Waals surface area contributed by atoms with Gasteiger partial charge >= 0.3 is 0 Å². The third kappa shape index (κ3) is 6.08. The molecular formula is C25H30N6O. The number of aromatic nitrogens is 3. The van der Waals surface area contributed by atoms with Gasteiger partial charge in [-0.05, 0) is 49.6 Å². The first kappa shape index (κ1) is 21.8. The molecule has 0 atom stereocenters. The number of unbranched alkanes of at least 4 members (excludes halogenated alkanes) is 1. The maximum Gasteiger partial charge on any atom is 0.209 e. The first-order valence-corrected chi connectivity index (χ1v) is 11.3. The number of hydrogen-bond acceptors (Lipinski definition) is 5. The third-order valence-electron chi connectivity index (χ3n) is 5.88. The highest BCUT2D eigenvalue weighted by Crippen LogP contribution is 2.29. The number of aryl methyl sites for hydroxylation is 2. The maximum atomic E-state index is 7.36. The van der Waals surface area contributed by atoms with Crippen molar-refractivity contribution in [2.75, 3.05) is 44.2 Å². The molecular weight excluding hydrogens is 400 g/mol. The SMILES string of the molecule is [C-]#[N+]c1ccccc1N1CCN(CCCCOc2ccc(CCn3ccnn3)cc2)CC1. The lowest BCUT2D eigenvalue weighted by atomic mass is 10.1. The molecule has 4 rings (SSSR count). The van der Waals surface area contributed by atoms with Gasteiger partial charge in [-0.2, -0.15) is 0 Å². The zero-order valence-corrected chi connectivity index (χ0v) is 18.4. The van der Waals surface area contributed by atoms with E-state index in [-0.39, 0.29) is 0 Å². The van der Waals surface area contributed by atoms with Gasteiger partial charge < -0.3 is 9.64 Å². The van der Waals surface area contributed by atoms with Gasteiger partial charge in [-0.3, -0.25) is 9.58 Å². The van der Waals surface area contributed by atoms with Crippen molar-refractivity contribution < 1.29 is 4.74 Å². The fraction of sp³-hybridized carbons (Fsp3) is 0.400. The predicted molar refractivity (Wildman–Crippen MR) is 126 cm³/mol. The first-order chi connectivity index (χ1) is 15.8. The summed E-state index contributed by atoms with van der Waals surface area (Å²) in [4.78, 5) is 8.51. The molecule has 0 amide bonds. The van der Waals surface area contributed by atoms with Crippen molar-refractivity contribution in [1.82, 2.24) is 19.9 Å². The van der Waals surface area contributed by atoms with Gasteiger partial charge in [0, 0.05) is 44.6 Å². The van der Waals surface area contributed by atoms with Gasteiger partial charge in [0.15, 0.2) is 0 Å². The molecule has 2 heterocycles. The van der Waals surface area contributed by atoms with Gasteiger partial charge in [-0.15, -0.1) is 5.10 Å². The minimum atomic E-state index is 0.747. The molecule has 1 aliphatic rings. The zero-order valence-electron chi connectivity index (χ0n) is 18.4. The molecule has 0 unspecified atom stereocenters. The standard InChI is InChI=1S/C25H30N6O/c1-26-24-6-2-3-7-25(24)30-19-17-29(18-20-30)14-4-5-21-32-23-10-8-22(9-11-23)12-15-31-16-13-27-28-31/h2-3,6-11,13,16H,4-5,12,14-15,17-21H2. The van der Waals surface area contributed by atoms with Crippen LogP contribution in [0, 0.1) is 6.57 Å². The third-order valence-corrected chi connectivity index (χ3v) is 5.88. The fourth-order valence-electron chi connectivity index (χ4n) is 4.01. The Labute approximate surface area is 190 Å². The molecule has 1 fully saturated rings. The molecule has 1 aliphatic heterocycles. The lowest BCUT2D eigenvalue weighted by Gasteiger charge is -2.36. The molecule has 0 spiro atoms. The Hall–Kier alpha value is -3.37. The summed E-state index contributed by atoms with van der Waals surface area (Å²) in [6.45, 7) is 14.1. The fourth-order valence-corrected chi connectivity index (χ4v) is 4.01. The van der Waals surface area contributed by atoms with Crippen LogP contribution >= 0.6 is 0 Å². The second kappa shape index (κ2) is 11.3. The van der Waals surface area contributed by atoms with E-state index < -0.39 is 0 Å². The van der Waals surface area contributed by atoms with Crippen molar-refractivity contribution in [3.8, 4) is 5.75 Å². The van der Waals surface area contributed by atoms with E-state index in [1.807, 2.05) is 29.1 Å². The second-order valence-corrected chi connectivity index (χ2v) is 8.04.